The summed E-state index contributed by atoms with van der Waals surface area (Å²) in [7, 11) is 0. The molecule has 0 aliphatic carbocycles. The summed E-state index contributed by atoms with van der Waals surface area (Å²) in [5, 5.41) is 0. The first-order valence-electron chi connectivity index (χ1n) is 6.56. The Labute approximate surface area is 117 Å². The van der Waals surface area contributed by atoms with Gasteiger partial charge < -0.3 is 14.4 Å². The van der Waals surface area contributed by atoms with E-state index in [2.05, 4.69) is 4.74 Å². The molecule has 20 heavy (non-hydrogen) atoms. The maximum atomic E-state index is 11.8. The van der Waals surface area contributed by atoms with Crippen LogP contribution in [-0.2, 0) is 23.9 Å². The second-order valence-electron chi connectivity index (χ2n) is 4.73. The number of ether oxygens (including phenoxy) is 2. The molecular formula is C13H19NO6. The van der Waals surface area contributed by atoms with E-state index in [4.69, 9.17) is 4.74 Å². The van der Waals surface area contributed by atoms with Crippen molar-refractivity contribution in [2.45, 2.75) is 33.3 Å². The Bertz CT molecular complexity index is 417. The standard InChI is InChI=1S/C13H19NO6/c1-4-19-12(17)11(16)9-7-14(6-5-10(9)15)13(18)20-8(2)3/h8-9H,4-7H2,1-3H3. The Morgan fingerprint density at radius 2 is 2.00 bits per heavy atom. The molecule has 0 spiro atoms. The van der Waals surface area contributed by atoms with Crippen molar-refractivity contribution in [1.29, 1.82) is 0 Å². The van der Waals surface area contributed by atoms with Crippen LogP contribution in [-0.4, -0.2) is 54.3 Å². The monoisotopic (exact) mass is 285 g/mol. The highest BCUT2D eigenvalue weighted by molar-refractivity contribution is 6.38. The molecule has 1 saturated heterocycles. The van der Waals surface area contributed by atoms with Crippen molar-refractivity contribution in [3.05, 3.63) is 0 Å². The summed E-state index contributed by atoms with van der Waals surface area (Å²) in [6.45, 7) is 5.09. The molecule has 1 fully saturated rings. The van der Waals surface area contributed by atoms with Gasteiger partial charge in [-0.3, -0.25) is 9.59 Å². The van der Waals surface area contributed by atoms with Crippen LogP contribution in [0.15, 0.2) is 0 Å². The first-order valence-corrected chi connectivity index (χ1v) is 6.56. The Hall–Kier alpha value is -1.92. The number of Topliss-reactive ketones (excluding diaryl/α,β-unsaturated/α-hetero) is 2. The quantitative estimate of drug-likeness (QED) is 0.426. The number of piperidine rings is 1. The Morgan fingerprint density at radius 3 is 2.55 bits per heavy atom. The lowest BCUT2D eigenvalue weighted by Gasteiger charge is -2.30. The highest BCUT2D eigenvalue weighted by atomic mass is 16.6. The highest BCUT2D eigenvalue weighted by Crippen LogP contribution is 2.16. The van der Waals surface area contributed by atoms with Crippen molar-refractivity contribution in [2.24, 2.45) is 5.92 Å². The van der Waals surface area contributed by atoms with Crippen LogP contribution in [0.25, 0.3) is 0 Å². The molecule has 1 heterocycles. The zero-order valence-electron chi connectivity index (χ0n) is 11.9. The fourth-order valence-electron chi connectivity index (χ4n) is 1.85. The number of ketones is 2. The molecule has 1 amide bonds. The van der Waals surface area contributed by atoms with Crippen LogP contribution in [0.3, 0.4) is 0 Å². The molecule has 0 bridgehead atoms. The SMILES string of the molecule is CCOC(=O)C(=O)C1CN(C(=O)OC(C)C)CCC1=O. The number of carbonyl (C=O) groups excluding carboxylic acids is 4. The molecule has 0 aromatic heterocycles. The van der Waals surface area contributed by atoms with Gasteiger partial charge in [0, 0.05) is 19.5 Å². The Kier molecular flexibility index (Phi) is 5.66. The first kappa shape index (κ1) is 16.1. The van der Waals surface area contributed by atoms with Crippen LogP contribution in [0.1, 0.15) is 27.2 Å². The van der Waals surface area contributed by atoms with Crippen LogP contribution in [0, 0.1) is 5.92 Å². The summed E-state index contributed by atoms with van der Waals surface area (Å²) in [6.07, 6.45) is -0.850. The van der Waals surface area contributed by atoms with Crippen molar-refractivity contribution in [1.82, 2.24) is 4.90 Å². The average molecular weight is 285 g/mol. The van der Waals surface area contributed by atoms with Crippen LogP contribution in [0.4, 0.5) is 4.79 Å². The molecule has 1 unspecified atom stereocenters. The predicted molar refractivity (Wildman–Crippen MR) is 67.9 cm³/mol. The van der Waals surface area contributed by atoms with Gasteiger partial charge in [-0.05, 0) is 20.8 Å². The summed E-state index contributed by atoms with van der Waals surface area (Å²) in [4.78, 5) is 47.9. The fourth-order valence-corrected chi connectivity index (χ4v) is 1.85. The molecule has 1 atom stereocenters. The Balaban J connectivity index is 2.71. The minimum Gasteiger partial charge on any atom is -0.460 e. The maximum absolute atomic E-state index is 11.8. The predicted octanol–water partition coefficient (Wildman–Crippen LogP) is 0.555. The van der Waals surface area contributed by atoms with Crippen molar-refractivity contribution >= 4 is 23.6 Å². The summed E-state index contributed by atoms with van der Waals surface area (Å²) in [5.41, 5.74) is 0. The fraction of sp³-hybridized carbons (Fsp3) is 0.692. The molecule has 1 aliphatic rings. The lowest BCUT2D eigenvalue weighted by atomic mass is 9.92. The van der Waals surface area contributed by atoms with E-state index in [9.17, 15) is 19.2 Å². The third kappa shape index (κ3) is 4.04. The molecule has 7 heteroatoms. The third-order valence-electron chi connectivity index (χ3n) is 2.81. The number of hydrogen-bond donors (Lipinski definition) is 0. The molecule has 1 rings (SSSR count). The van der Waals surface area contributed by atoms with Gasteiger partial charge in [0.1, 0.15) is 11.7 Å². The van der Waals surface area contributed by atoms with Gasteiger partial charge in [-0.2, -0.15) is 0 Å². The van der Waals surface area contributed by atoms with E-state index in [1.807, 2.05) is 0 Å². The molecule has 0 N–H and O–H groups in total. The van der Waals surface area contributed by atoms with E-state index in [-0.39, 0.29) is 38.0 Å². The second kappa shape index (κ2) is 7.02. The maximum Gasteiger partial charge on any atom is 0.410 e. The number of carbonyl (C=O) groups is 4. The summed E-state index contributed by atoms with van der Waals surface area (Å²) < 4.78 is 9.60. The minimum absolute atomic E-state index is 0.0308. The van der Waals surface area contributed by atoms with E-state index in [1.54, 1.807) is 20.8 Å². The van der Waals surface area contributed by atoms with E-state index in [1.165, 1.54) is 4.90 Å². The molecule has 1 aliphatic heterocycles. The summed E-state index contributed by atoms with van der Waals surface area (Å²) in [5.74, 6) is -3.44. The average Bonchev–Trinajstić information content (AvgIpc) is 2.37. The van der Waals surface area contributed by atoms with Gasteiger partial charge in [0.15, 0.2) is 0 Å². The molecular weight excluding hydrogens is 266 g/mol. The van der Waals surface area contributed by atoms with Gasteiger partial charge >= 0.3 is 12.1 Å². The van der Waals surface area contributed by atoms with Crippen LogP contribution < -0.4 is 0 Å². The topological polar surface area (TPSA) is 90.0 Å². The van der Waals surface area contributed by atoms with Crippen molar-refractivity contribution in [3.8, 4) is 0 Å². The van der Waals surface area contributed by atoms with Crippen molar-refractivity contribution in [3.63, 3.8) is 0 Å². The molecule has 112 valence electrons. The Morgan fingerprint density at radius 1 is 1.35 bits per heavy atom. The van der Waals surface area contributed by atoms with Crippen LogP contribution in [0.2, 0.25) is 0 Å². The largest absolute Gasteiger partial charge is 0.460 e. The van der Waals surface area contributed by atoms with E-state index in [0.29, 0.717) is 0 Å². The summed E-state index contributed by atoms with van der Waals surface area (Å²) in [6, 6.07) is 0. The van der Waals surface area contributed by atoms with Crippen LogP contribution >= 0.6 is 0 Å². The first-order chi connectivity index (χ1) is 9.36. The molecule has 0 radical (unpaired) electrons. The lowest BCUT2D eigenvalue weighted by molar-refractivity contribution is -0.157. The number of rotatable bonds is 4. The zero-order valence-corrected chi connectivity index (χ0v) is 11.9. The lowest BCUT2D eigenvalue weighted by Crippen LogP contribution is -2.49. The van der Waals surface area contributed by atoms with Gasteiger partial charge in [0.25, 0.3) is 5.78 Å². The summed E-state index contributed by atoms with van der Waals surface area (Å²) >= 11 is 0. The minimum atomic E-state index is -1.15. The van der Waals surface area contributed by atoms with Crippen molar-refractivity contribution in [2.75, 3.05) is 19.7 Å². The van der Waals surface area contributed by atoms with Gasteiger partial charge in [-0.15, -0.1) is 0 Å². The van der Waals surface area contributed by atoms with Crippen molar-refractivity contribution < 1.29 is 28.7 Å². The number of likely N-dealkylation sites (tertiary alicyclic amines) is 1. The molecule has 7 nitrogen and oxygen atoms in total. The highest BCUT2D eigenvalue weighted by Gasteiger charge is 2.38. The number of esters is 1. The number of nitrogens with zero attached hydrogens (tertiary/aromatic N) is 1. The normalized spacial score (nSPS) is 18.9. The number of hydrogen-bond acceptors (Lipinski definition) is 6. The van der Waals surface area contributed by atoms with Gasteiger partial charge in [-0.25, -0.2) is 9.59 Å². The van der Waals surface area contributed by atoms with E-state index in [0.717, 1.165) is 0 Å². The zero-order chi connectivity index (χ0) is 15.3. The third-order valence-corrected chi connectivity index (χ3v) is 2.81. The smallest absolute Gasteiger partial charge is 0.410 e. The van der Waals surface area contributed by atoms with Gasteiger partial charge in [0.2, 0.25) is 0 Å². The second-order valence-corrected chi connectivity index (χ2v) is 4.73. The van der Waals surface area contributed by atoms with E-state index >= 15 is 0 Å². The van der Waals surface area contributed by atoms with Gasteiger partial charge in [-0.1, -0.05) is 0 Å². The molecule has 0 aromatic carbocycles. The molecule has 0 saturated carbocycles. The van der Waals surface area contributed by atoms with E-state index < -0.39 is 23.8 Å². The number of amides is 1. The molecule has 0 aromatic rings. The van der Waals surface area contributed by atoms with Crippen LogP contribution in [0.5, 0.6) is 0 Å². The van der Waals surface area contributed by atoms with Gasteiger partial charge in [0.05, 0.1) is 12.7 Å².